The summed E-state index contributed by atoms with van der Waals surface area (Å²) >= 11 is 9.13. The van der Waals surface area contributed by atoms with Gasteiger partial charge in [0.2, 0.25) is 0 Å². The minimum absolute atomic E-state index is 0.219. The summed E-state index contributed by atoms with van der Waals surface area (Å²) < 4.78 is 0.678. The summed E-state index contributed by atoms with van der Waals surface area (Å²) in [5.74, 6) is -0.219. The number of rotatable bonds is 5. The quantitative estimate of drug-likeness (QED) is 0.867. The van der Waals surface area contributed by atoms with Crippen LogP contribution in [0.3, 0.4) is 0 Å². The van der Waals surface area contributed by atoms with Gasteiger partial charge in [0.1, 0.15) is 0 Å². The lowest BCUT2D eigenvalue weighted by Crippen LogP contribution is -2.40. The molecule has 0 saturated heterocycles. The van der Waals surface area contributed by atoms with E-state index in [4.69, 9.17) is 11.6 Å². The van der Waals surface area contributed by atoms with Crippen LogP contribution < -0.4 is 5.32 Å². The molecule has 1 unspecified atom stereocenters. The lowest BCUT2D eigenvalue weighted by Gasteiger charge is -2.22. The summed E-state index contributed by atoms with van der Waals surface area (Å²) in [4.78, 5) is 11.9. The Bertz CT molecular complexity index is 435. The van der Waals surface area contributed by atoms with Gasteiger partial charge < -0.3 is 10.4 Å². The molecule has 0 aliphatic rings. The van der Waals surface area contributed by atoms with Gasteiger partial charge >= 0.3 is 0 Å². The van der Waals surface area contributed by atoms with E-state index in [2.05, 4.69) is 21.2 Å². The first-order valence-corrected chi connectivity index (χ1v) is 6.98. The number of carbonyl (C=O) groups is 1. The highest BCUT2D eigenvalue weighted by molar-refractivity contribution is 9.10. The van der Waals surface area contributed by atoms with Crippen LogP contribution in [0.5, 0.6) is 0 Å². The average molecular weight is 335 g/mol. The molecule has 0 aromatic heterocycles. The van der Waals surface area contributed by atoms with E-state index in [0.717, 1.165) is 6.42 Å². The van der Waals surface area contributed by atoms with E-state index in [1.165, 1.54) is 0 Å². The molecule has 0 spiro atoms. The van der Waals surface area contributed by atoms with Crippen LogP contribution in [0.1, 0.15) is 37.0 Å². The molecule has 5 heteroatoms. The van der Waals surface area contributed by atoms with Crippen LogP contribution in [0, 0.1) is 0 Å². The molecule has 0 bridgehead atoms. The maximum Gasteiger partial charge on any atom is 0.251 e. The molecular formula is C13H17BrClNO2. The summed E-state index contributed by atoms with van der Waals surface area (Å²) in [7, 11) is 0. The van der Waals surface area contributed by atoms with Gasteiger partial charge in [-0.1, -0.05) is 24.9 Å². The van der Waals surface area contributed by atoms with E-state index < -0.39 is 5.60 Å². The molecule has 0 fully saturated rings. The Morgan fingerprint density at radius 2 is 2.22 bits per heavy atom. The van der Waals surface area contributed by atoms with Crippen molar-refractivity contribution in [3.63, 3.8) is 0 Å². The molecule has 18 heavy (non-hydrogen) atoms. The minimum Gasteiger partial charge on any atom is -0.388 e. The van der Waals surface area contributed by atoms with Crippen LogP contribution in [-0.4, -0.2) is 23.2 Å². The molecular weight excluding hydrogens is 318 g/mol. The van der Waals surface area contributed by atoms with Crippen molar-refractivity contribution in [2.45, 2.75) is 32.3 Å². The summed E-state index contributed by atoms with van der Waals surface area (Å²) in [5.41, 5.74) is -0.354. The summed E-state index contributed by atoms with van der Waals surface area (Å²) in [6.07, 6.45) is 1.52. The van der Waals surface area contributed by atoms with Crippen molar-refractivity contribution in [3.8, 4) is 0 Å². The first kappa shape index (κ1) is 15.5. The molecule has 2 N–H and O–H groups in total. The molecule has 0 saturated carbocycles. The van der Waals surface area contributed by atoms with E-state index in [-0.39, 0.29) is 12.5 Å². The number of hydrogen-bond donors (Lipinski definition) is 2. The first-order valence-electron chi connectivity index (χ1n) is 5.81. The second-order valence-electron chi connectivity index (χ2n) is 4.56. The Kier molecular flexibility index (Phi) is 5.63. The van der Waals surface area contributed by atoms with E-state index in [9.17, 15) is 9.90 Å². The van der Waals surface area contributed by atoms with Gasteiger partial charge in [-0.25, -0.2) is 0 Å². The van der Waals surface area contributed by atoms with Crippen molar-refractivity contribution in [1.29, 1.82) is 0 Å². The maximum atomic E-state index is 11.9. The van der Waals surface area contributed by atoms with Crippen LogP contribution >= 0.6 is 27.5 Å². The second-order valence-corrected chi connectivity index (χ2v) is 5.82. The summed E-state index contributed by atoms with van der Waals surface area (Å²) in [5, 5.41) is 13.2. The van der Waals surface area contributed by atoms with Gasteiger partial charge in [-0.05, 0) is 47.5 Å². The Balaban J connectivity index is 2.63. The van der Waals surface area contributed by atoms with Gasteiger partial charge in [-0.3, -0.25) is 4.79 Å². The molecule has 1 aromatic carbocycles. The van der Waals surface area contributed by atoms with Crippen molar-refractivity contribution in [3.05, 3.63) is 33.3 Å². The van der Waals surface area contributed by atoms with Crippen molar-refractivity contribution >= 4 is 33.4 Å². The fourth-order valence-electron chi connectivity index (χ4n) is 1.64. The van der Waals surface area contributed by atoms with E-state index >= 15 is 0 Å². The fourth-order valence-corrected chi connectivity index (χ4v) is 2.13. The highest BCUT2D eigenvalue weighted by Crippen LogP contribution is 2.23. The fraction of sp³-hybridized carbons (Fsp3) is 0.462. The topological polar surface area (TPSA) is 49.3 Å². The third-order valence-corrected chi connectivity index (χ3v) is 3.81. The summed E-state index contributed by atoms with van der Waals surface area (Å²) in [6, 6.07) is 4.97. The predicted octanol–water partition coefficient (Wildman–Crippen LogP) is 3.38. The smallest absolute Gasteiger partial charge is 0.251 e. The Labute approximate surface area is 121 Å². The number of halogens is 2. The van der Waals surface area contributed by atoms with Crippen molar-refractivity contribution < 1.29 is 9.90 Å². The van der Waals surface area contributed by atoms with E-state index in [1.807, 2.05) is 6.92 Å². The average Bonchev–Trinajstić information content (AvgIpc) is 2.30. The van der Waals surface area contributed by atoms with Gasteiger partial charge in [-0.2, -0.15) is 0 Å². The van der Waals surface area contributed by atoms with Crippen LogP contribution in [0.4, 0.5) is 0 Å². The lowest BCUT2D eigenvalue weighted by atomic mass is 10.0. The number of carbonyl (C=O) groups excluding carboxylic acids is 1. The number of hydrogen-bond acceptors (Lipinski definition) is 2. The number of aliphatic hydroxyl groups is 1. The molecule has 1 aromatic rings. The monoisotopic (exact) mass is 333 g/mol. The molecule has 0 radical (unpaired) electrons. The molecule has 0 heterocycles. The Morgan fingerprint density at radius 3 is 2.78 bits per heavy atom. The predicted molar refractivity (Wildman–Crippen MR) is 77.0 cm³/mol. The zero-order valence-corrected chi connectivity index (χ0v) is 12.8. The minimum atomic E-state index is -0.867. The van der Waals surface area contributed by atoms with Gasteiger partial charge in [0.15, 0.2) is 0 Å². The van der Waals surface area contributed by atoms with Crippen LogP contribution in [0.15, 0.2) is 22.7 Å². The van der Waals surface area contributed by atoms with Gasteiger partial charge in [0.25, 0.3) is 5.91 Å². The standard InChI is InChI=1S/C13H17BrClNO2/c1-3-6-13(2,18)8-16-12(17)9-4-5-11(15)10(14)7-9/h4-5,7,18H,3,6,8H2,1-2H3,(H,16,17). The highest BCUT2D eigenvalue weighted by atomic mass is 79.9. The number of benzene rings is 1. The van der Waals surface area contributed by atoms with Gasteiger partial charge in [0, 0.05) is 16.6 Å². The first-order chi connectivity index (χ1) is 8.35. The number of nitrogens with one attached hydrogen (secondary N) is 1. The third kappa shape index (κ3) is 4.59. The van der Waals surface area contributed by atoms with Crippen molar-refractivity contribution in [2.24, 2.45) is 0 Å². The third-order valence-electron chi connectivity index (χ3n) is 2.60. The molecule has 1 rings (SSSR count). The molecule has 100 valence electrons. The Hall–Kier alpha value is -0.580. The molecule has 3 nitrogen and oxygen atoms in total. The second kappa shape index (κ2) is 6.55. The van der Waals surface area contributed by atoms with Gasteiger partial charge in [0.05, 0.1) is 10.6 Å². The van der Waals surface area contributed by atoms with Crippen LogP contribution in [0.2, 0.25) is 5.02 Å². The molecule has 0 aliphatic carbocycles. The zero-order valence-electron chi connectivity index (χ0n) is 10.5. The maximum absolute atomic E-state index is 11.9. The van der Waals surface area contributed by atoms with Crippen LogP contribution in [0.25, 0.3) is 0 Å². The normalized spacial score (nSPS) is 14.1. The van der Waals surface area contributed by atoms with Gasteiger partial charge in [-0.15, -0.1) is 0 Å². The molecule has 1 amide bonds. The zero-order chi connectivity index (χ0) is 13.8. The largest absolute Gasteiger partial charge is 0.388 e. The Morgan fingerprint density at radius 1 is 1.56 bits per heavy atom. The lowest BCUT2D eigenvalue weighted by molar-refractivity contribution is 0.0469. The van der Waals surface area contributed by atoms with E-state index in [1.54, 1.807) is 25.1 Å². The van der Waals surface area contributed by atoms with E-state index in [0.29, 0.717) is 21.5 Å². The summed E-state index contributed by atoms with van der Waals surface area (Å²) in [6.45, 7) is 3.95. The highest BCUT2D eigenvalue weighted by Gasteiger charge is 2.20. The van der Waals surface area contributed by atoms with Crippen molar-refractivity contribution in [2.75, 3.05) is 6.54 Å². The SMILES string of the molecule is CCCC(C)(O)CNC(=O)c1ccc(Cl)c(Br)c1. The van der Waals surface area contributed by atoms with Crippen molar-refractivity contribution in [1.82, 2.24) is 5.32 Å². The van der Waals surface area contributed by atoms with Crippen LogP contribution in [-0.2, 0) is 0 Å². The molecule has 1 atom stereocenters. The molecule has 0 aliphatic heterocycles. The number of amides is 1.